The Bertz CT molecular complexity index is 267. The molecule has 4 atom stereocenters. The summed E-state index contributed by atoms with van der Waals surface area (Å²) in [5.41, 5.74) is 0. The Hall–Kier alpha value is -0.570. The van der Waals surface area contributed by atoms with Crippen LogP contribution in [0.1, 0.15) is 46.0 Å². The Kier molecular flexibility index (Phi) is 4.43. The number of carbonyl (C=O) groups is 1. The number of fused-ring (bicyclic) bond motifs is 2. The predicted octanol–water partition coefficient (Wildman–Crippen LogP) is 1.93. The van der Waals surface area contributed by atoms with Crippen molar-refractivity contribution in [2.45, 2.75) is 52.0 Å². The molecular formula is C14H26N2O. The SMILES string of the molecule is CCC(C)NC(=O)CNCC1CC2CCC1C2. The van der Waals surface area contributed by atoms with Crippen LogP contribution in [-0.2, 0) is 4.79 Å². The summed E-state index contributed by atoms with van der Waals surface area (Å²) in [6.07, 6.45) is 6.72. The molecule has 0 aromatic heterocycles. The molecule has 2 aliphatic rings. The summed E-state index contributed by atoms with van der Waals surface area (Å²) < 4.78 is 0. The Balaban J connectivity index is 1.58. The zero-order chi connectivity index (χ0) is 12.3. The molecular weight excluding hydrogens is 212 g/mol. The third-order valence-corrected chi connectivity index (χ3v) is 4.60. The molecule has 2 fully saturated rings. The smallest absolute Gasteiger partial charge is 0.234 e. The Morgan fingerprint density at radius 3 is 2.76 bits per heavy atom. The fraction of sp³-hybridized carbons (Fsp3) is 0.929. The molecule has 3 heteroatoms. The monoisotopic (exact) mass is 238 g/mol. The van der Waals surface area contributed by atoms with Crippen molar-refractivity contribution in [2.75, 3.05) is 13.1 Å². The normalized spacial score (nSPS) is 32.7. The van der Waals surface area contributed by atoms with E-state index in [-0.39, 0.29) is 5.91 Å². The first-order chi connectivity index (χ1) is 8.19. The lowest BCUT2D eigenvalue weighted by Crippen LogP contribution is -2.40. The first-order valence-corrected chi connectivity index (χ1v) is 7.19. The highest BCUT2D eigenvalue weighted by Crippen LogP contribution is 2.47. The van der Waals surface area contributed by atoms with Gasteiger partial charge in [-0.05, 0) is 56.9 Å². The molecule has 0 radical (unpaired) electrons. The number of amides is 1. The number of hydrogen-bond acceptors (Lipinski definition) is 2. The van der Waals surface area contributed by atoms with E-state index in [1.807, 2.05) is 6.92 Å². The van der Waals surface area contributed by atoms with Crippen molar-refractivity contribution in [3.63, 3.8) is 0 Å². The standard InChI is InChI=1S/C14H26N2O/c1-3-10(2)16-14(17)9-15-8-13-7-11-4-5-12(13)6-11/h10-13,15H,3-9H2,1-2H3,(H,16,17). The zero-order valence-corrected chi connectivity index (χ0v) is 11.2. The van der Waals surface area contributed by atoms with Gasteiger partial charge in [0.15, 0.2) is 0 Å². The van der Waals surface area contributed by atoms with Gasteiger partial charge < -0.3 is 10.6 Å². The van der Waals surface area contributed by atoms with Gasteiger partial charge in [-0.25, -0.2) is 0 Å². The topological polar surface area (TPSA) is 41.1 Å². The minimum Gasteiger partial charge on any atom is -0.353 e. The van der Waals surface area contributed by atoms with Crippen molar-refractivity contribution in [1.82, 2.24) is 10.6 Å². The maximum Gasteiger partial charge on any atom is 0.234 e. The van der Waals surface area contributed by atoms with Crippen molar-refractivity contribution in [2.24, 2.45) is 17.8 Å². The van der Waals surface area contributed by atoms with E-state index in [4.69, 9.17) is 0 Å². The first-order valence-electron chi connectivity index (χ1n) is 7.19. The summed E-state index contributed by atoms with van der Waals surface area (Å²) in [5, 5.41) is 6.32. The van der Waals surface area contributed by atoms with Gasteiger partial charge in [-0.2, -0.15) is 0 Å². The Morgan fingerprint density at radius 2 is 2.18 bits per heavy atom. The molecule has 2 rings (SSSR count). The van der Waals surface area contributed by atoms with E-state index in [2.05, 4.69) is 17.6 Å². The van der Waals surface area contributed by atoms with Crippen LogP contribution in [0.2, 0.25) is 0 Å². The first kappa shape index (κ1) is 12.9. The molecule has 2 aliphatic carbocycles. The van der Waals surface area contributed by atoms with E-state index in [1.54, 1.807) is 0 Å². The summed E-state index contributed by atoms with van der Waals surface area (Å²) in [7, 11) is 0. The molecule has 0 heterocycles. The Labute approximate surface area is 105 Å². The second-order valence-electron chi connectivity index (χ2n) is 5.94. The highest BCUT2D eigenvalue weighted by molar-refractivity contribution is 5.78. The number of carbonyl (C=O) groups excluding carboxylic acids is 1. The van der Waals surface area contributed by atoms with Crippen LogP contribution in [0.3, 0.4) is 0 Å². The third kappa shape index (κ3) is 3.44. The summed E-state index contributed by atoms with van der Waals surface area (Å²) >= 11 is 0. The molecule has 1 amide bonds. The predicted molar refractivity (Wildman–Crippen MR) is 69.7 cm³/mol. The highest BCUT2D eigenvalue weighted by atomic mass is 16.1. The molecule has 0 saturated heterocycles. The third-order valence-electron chi connectivity index (χ3n) is 4.60. The van der Waals surface area contributed by atoms with Gasteiger partial charge in [-0.15, -0.1) is 0 Å². The number of hydrogen-bond donors (Lipinski definition) is 2. The van der Waals surface area contributed by atoms with Crippen LogP contribution in [0.4, 0.5) is 0 Å². The van der Waals surface area contributed by atoms with E-state index in [0.717, 1.165) is 30.7 Å². The van der Waals surface area contributed by atoms with Crippen LogP contribution in [0, 0.1) is 17.8 Å². The van der Waals surface area contributed by atoms with Gasteiger partial charge in [0, 0.05) is 6.04 Å². The molecule has 0 aromatic carbocycles. The summed E-state index contributed by atoms with van der Waals surface area (Å²) in [6, 6.07) is 0.298. The van der Waals surface area contributed by atoms with Crippen LogP contribution in [0.25, 0.3) is 0 Å². The van der Waals surface area contributed by atoms with Gasteiger partial charge in [0.1, 0.15) is 0 Å². The van der Waals surface area contributed by atoms with Crippen molar-refractivity contribution in [3.05, 3.63) is 0 Å². The van der Waals surface area contributed by atoms with Gasteiger partial charge in [0.05, 0.1) is 6.54 Å². The molecule has 2 N–H and O–H groups in total. The van der Waals surface area contributed by atoms with Gasteiger partial charge in [0.25, 0.3) is 0 Å². The average molecular weight is 238 g/mol. The molecule has 0 aromatic rings. The van der Waals surface area contributed by atoms with Crippen LogP contribution in [-0.4, -0.2) is 25.0 Å². The second kappa shape index (κ2) is 5.85. The summed E-state index contributed by atoms with van der Waals surface area (Å²) in [6.45, 7) is 5.66. The van der Waals surface area contributed by atoms with E-state index in [0.29, 0.717) is 12.6 Å². The Morgan fingerprint density at radius 1 is 1.35 bits per heavy atom. The van der Waals surface area contributed by atoms with Crippen LogP contribution < -0.4 is 10.6 Å². The summed E-state index contributed by atoms with van der Waals surface area (Å²) in [5.74, 6) is 2.93. The zero-order valence-electron chi connectivity index (χ0n) is 11.2. The van der Waals surface area contributed by atoms with E-state index in [1.165, 1.54) is 25.7 Å². The molecule has 0 spiro atoms. The minimum atomic E-state index is 0.141. The minimum absolute atomic E-state index is 0.141. The van der Waals surface area contributed by atoms with E-state index >= 15 is 0 Å². The fourth-order valence-electron chi connectivity index (χ4n) is 3.43. The maximum absolute atomic E-state index is 11.6. The van der Waals surface area contributed by atoms with Gasteiger partial charge in [-0.3, -0.25) is 4.79 Å². The number of rotatable bonds is 6. The molecule has 2 bridgehead atoms. The fourth-order valence-corrected chi connectivity index (χ4v) is 3.43. The van der Waals surface area contributed by atoms with Crippen molar-refractivity contribution in [1.29, 1.82) is 0 Å². The van der Waals surface area contributed by atoms with Gasteiger partial charge in [-0.1, -0.05) is 13.3 Å². The van der Waals surface area contributed by atoms with Crippen molar-refractivity contribution >= 4 is 5.91 Å². The molecule has 2 saturated carbocycles. The van der Waals surface area contributed by atoms with Crippen LogP contribution >= 0.6 is 0 Å². The quantitative estimate of drug-likeness (QED) is 0.742. The van der Waals surface area contributed by atoms with Gasteiger partial charge in [0.2, 0.25) is 5.91 Å². The van der Waals surface area contributed by atoms with E-state index < -0.39 is 0 Å². The highest BCUT2D eigenvalue weighted by Gasteiger charge is 2.38. The lowest BCUT2D eigenvalue weighted by molar-refractivity contribution is -0.120. The molecule has 3 nitrogen and oxygen atoms in total. The second-order valence-corrected chi connectivity index (χ2v) is 5.94. The molecule has 98 valence electrons. The lowest BCUT2D eigenvalue weighted by atomic mass is 9.89. The summed E-state index contributed by atoms with van der Waals surface area (Å²) in [4.78, 5) is 11.6. The average Bonchev–Trinajstić information content (AvgIpc) is 2.90. The van der Waals surface area contributed by atoms with E-state index in [9.17, 15) is 4.79 Å². The van der Waals surface area contributed by atoms with Crippen LogP contribution in [0.15, 0.2) is 0 Å². The molecule has 17 heavy (non-hydrogen) atoms. The molecule has 0 aliphatic heterocycles. The maximum atomic E-state index is 11.6. The van der Waals surface area contributed by atoms with Crippen molar-refractivity contribution in [3.8, 4) is 0 Å². The lowest BCUT2D eigenvalue weighted by Gasteiger charge is -2.22. The number of nitrogens with one attached hydrogen (secondary N) is 2. The van der Waals surface area contributed by atoms with Gasteiger partial charge >= 0.3 is 0 Å². The molecule has 4 unspecified atom stereocenters. The van der Waals surface area contributed by atoms with Crippen LogP contribution in [0.5, 0.6) is 0 Å². The van der Waals surface area contributed by atoms with Crippen molar-refractivity contribution < 1.29 is 4.79 Å². The largest absolute Gasteiger partial charge is 0.353 e.